The second kappa shape index (κ2) is 4.73. The molecule has 110 valence electrons. The van der Waals surface area contributed by atoms with Gasteiger partial charge in [-0.1, -0.05) is 6.07 Å². The average molecular weight is 294 g/mol. The molecule has 1 unspecified atom stereocenters. The highest BCUT2D eigenvalue weighted by Crippen LogP contribution is 2.21. The molecule has 7 nitrogen and oxygen atoms in total. The first kappa shape index (κ1) is 12.6. The molecule has 1 atom stereocenters. The number of anilines is 1. The number of hydrogen-bond donors (Lipinski definition) is 3. The number of imidazole rings is 1. The number of fused-ring (bicyclic) bond motifs is 2. The summed E-state index contributed by atoms with van der Waals surface area (Å²) >= 11 is 0. The minimum absolute atomic E-state index is 0.0533. The van der Waals surface area contributed by atoms with Crippen LogP contribution in [0.3, 0.4) is 0 Å². The fraction of sp³-hybridized carbons (Fsp3) is 0.133. The van der Waals surface area contributed by atoms with E-state index in [9.17, 15) is 4.79 Å². The van der Waals surface area contributed by atoms with Gasteiger partial charge in [-0.25, -0.2) is 9.78 Å². The molecule has 0 saturated heterocycles. The Bertz CT molecular complexity index is 1010. The molecule has 0 bridgehead atoms. The van der Waals surface area contributed by atoms with Crippen molar-refractivity contribution in [2.24, 2.45) is 0 Å². The van der Waals surface area contributed by atoms with Crippen molar-refractivity contribution in [1.82, 2.24) is 24.6 Å². The minimum Gasteiger partial charge on any atom is -0.363 e. The van der Waals surface area contributed by atoms with E-state index in [1.807, 2.05) is 30.3 Å². The molecule has 1 aromatic carbocycles. The fourth-order valence-electron chi connectivity index (χ4n) is 2.57. The van der Waals surface area contributed by atoms with Crippen LogP contribution in [0, 0.1) is 0 Å². The highest BCUT2D eigenvalue weighted by atomic mass is 16.1. The number of aromatic nitrogens is 5. The number of nitrogens with one attached hydrogen (secondary N) is 3. The van der Waals surface area contributed by atoms with E-state index in [1.54, 1.807) is 16.9 Å². The van der Waals surface area contributed by atoms with E-state index in [0.29, 0.717) is 0 Å². The Morgan fingerprint density at radius 2 is 2.00 bits per heavy atom. The summed E-state index contributed by atoms with van der Waals surface area (Å²) in [6.07, 6.45) is 3.47. The first-order valence-electron chi connectivity index (χ1n) is 6.98. The van der Waals surface area contributed by atoms with Crippen LogP contribution in [0.25, 0.3) is 16.7 Å². The van der Waals surface area contributed by atoms with Crippen molar-refractivity contribution in [3.8, 4) is 0 Å². The molecule has 22 heavy (non-hydrogen) atoms. The predicted molar refractivity (Wildman–Crippen MR) is 83.9 cm³/mol. The van der Waals surface area contributed by atoms with Crippen LogP contribution in [0.1, 0.15) is 18.5 Å². The van der Waals surface area contributed by atoms with Crippen LogP contribution in [-0.2, 0) is 0 Å². The third kappa shape index (κ3) is 2.03. The number of nitrogens with zero attached hydrogens (tertiary/aromatic N) is 3. The maximum atomic E-state index is 11.3. The lowest BCUT2D eigenvalue weighted by Crippen LogP contribution is -2.10. The molecular formula is C15H14N6O. The topological polar surface area (TPSA) is 90.9 Å². The monoisotopic (exact) mass is 294 g/mol. The Kier molecular flexibility index (Phi) is 2.72. The lowest BCUT2D eigenvalue weighted by atomic mass is 10.1. The van der Waals surface area contributed by atoms with Gasteiger partial charge in [0.2, 0.25) is 0 Å². The molecule has 0 aliphatic carbocycles. The lowest BCUT2D eigenvalue weighted by Gasteiger charge is -2.16. The largest absolute Gasteiger partial charge is 0.363 e. The van der Waals surface area contributed by atoms with E-state index in [0.717, 1.165) is 28.1 Å². The molecule has 3 heterocycles. The first-order valence-corrected chi connectivity index (χ1v) is 6.98. The second-order valence-corrected chi connectivity index (χ2v) is 5.18. The van der Waals surface area contributed by atoms with Crippen molar-refractivity contribution in [2.45, 2.75) is 13.0 Å². The van der Waals surface area contributed by atoms with E-state index in [4.69, 9.17) is 0 Å². The lowest BCUT2D eigenvalue weighted by molar-refractivity contribution is 0.841. The number of rotatable bonds is 3. The SMILES string of the molecule is CC(Nc1ccnc2ccnn12)c1ccc2[nH]c(=O)[nH]c2c1. The summed E-state index contributed by atoms with van der Waals surface area (Å²) in [6, 6.07) is 9.64. The molecule has 7 heteroatoms. The molecule has 4 aromatic rings. The zero-order valence-electron chi connectivity index (χ0n) is 11.9. The molecule has 4 rings (SSSR count). The van der Waals surface area contributed by atoms with Gasteiger partial charge in [-0.3, -0.25) is 0 Å². The highest BCUT2D eigenvalue weighted by molar-refractivity contribution is 5.75. The Balaban J connectivity index is 1.69. The van der Waals surface area contributed by atoms with Gasteiger partial charge in [-0.2, -0.15) is 9.61 Å². The second-order valence-electron chi connectivity index (χ2n) is 5.18. The van der Waals surface area contributed by atoms with Crippen LogP contribution in [-0.4, -0.2) is 24.6 Å². The van der Waals surface area contributed by atoms with Crippen LogP contribution in [0.2, 0.25) is 0 Å². The van der Waals surface area contributed by atoms with Gasteiger partial charge in [0, 0.05) is 12.3 Å². The third-order valence-corrected chi connectivity index (χ3v) is 3.69. The molecule has 0 fully saturated rings. The van der Waals surface area contributed by atoms with Gasteiger partial charge in [0.15, 0.2) is 5.65 Å². The summed E-state index contributed by atoms with van der Waals surface area (Å²) in [4.78, 5) is 21.1. The summed E-state index contributed by atoms with van der Waals surface area (Å²) in [6.45, 7) is 2.06. The van der Waals surface area contributed by atoms with Gasteiger partial charge in [-0.05, 0) is 30.7 Å². The summed E-state index contributed by atoms with van der Waals surface area (Å²) in [5, 5.41) is 7.67. The fourth-order valence-corrected chi connectivity index (χ4v) is 2.57. The highest BCUT2D eigenvalue weighted by Gasteiger charge is 2.10. The molecule has 0 radical (unpaired) electrons. The third-order valence-electron chi connectivity index (χ3n) is 3.69. The standard InChI is InChI=1S/C15H14N6O/c1-9(10-2-3-11-12(8-10)20-15(22)19-11)18-14-4-6-16-13-5-7-17-21(13)14/h2-9,18H,1H3,(H2,19,20,22). The van der Waals surface area contributed by atoms with E-state index < -0.39 is 0 Å². The Morgan fingerprint density at radius 3 is 2.91 bits per heavy atom. The van der Waals surface area contributed by atoms with Gasteiger partial charge in [0.25, 0.3) is 0 Å². The quantitative estimate of drug-likeness (QED) is 0.539. The van der Waals surface area contributed by atoms with Gasteiger partial charge in [-0.15, -0.1) is 0 Å². The van der Waals surface area contributed by atoms with Gasteiger partial charge < -0.3 is 15.3 Å². The molecule has 0 saturated carbocycles. The maximum Gasteiger partial charge on any atom is 0.323 e. The Morgan fingerprint density at radius 1 is 1.14 bits per heavy atom. The zero-order valence-corrected chi connectivity index (χ0v) is 11.9. The number of H-pyrrole nitrogens is 2. The predicted octanol–water partition coefficient (Wildman–Crippen LogP) is 2.07. The molecule has 0 amide bonds. The molecular weight excluding hydrogens is 280 g/mol. The normalized spacial score (nSPS) is 12.8. The molecule has 0 aliphatic rings. The molecule has 3 aromatic heterocycles. The molecule has 0 spiro atoms. The molecule has 3 N–H and O–H groups in total. The van der Waals surface area contributed by atoms with Crippen molar-refractivity contribution in [3.63, 3.8) is 0 Å². The van der Waals surface area contributed by atoms with Crippen molar-refractivity contribution in [2.75, 3.05) is 5.32 Å². The minimum atomic E-state index is -0.194. The first-order chi connectivity index (χ1) is 10.7. The average Bonchev–Trinajstić information content (AvgIpc) is 3.11. The zero-order chi connectivity index (χ0) is 15.1. The number of aromatic amines is 2. The van der Waals surface area contributed by atoms with Crippen LogP contribution in [0.4, 0.5) is 5.82 Å². The summed E-state index contributed by atoms with van der Waals surface area (Å²) in [5.41, 5.74) is 3.28. The van der Waals surface area contributed by atoms with Crippen LogP contribution >= 0.6 is 0 Å². The van der Waals surface area contributed by atoms with Gasteiger partial charge in [0.1, 0.15) is 5.82 Å². The van der Waals surface area contributed by atoms with Crippen molar-refractivity contribution >= 4 is 22.5 Å². The van der Waals surface area contributed by atoms with Crippen LogP contribution in [0.15, 0.2) is 47.5 Å². The Labute approximate surface area is 125 Å². The summed E-state index contributed by atoms with van der Waals surface area (Å²) in [7, 11) is 0. The van der Waals surface area contributed by atoms with Crippen molar-refractivity contribution in [3.05, 3.63) is 58.8 Å². The maximum absolute atomic E-state index is 11.3. The summed E-state index contributed by atoms with van der Waals surface area (Å²) in [5.74, 6) is 0.866. The van der Waals surface area contributed by atoms with Crippen molar-refractivity contribution < 1.29 is 0 Å². The summed E-state index contributed by atoms with van der Waals surface area (Å²) < 4.78 is 1.76. The van der Waals surface area contributed by atoms with Gasteiger partial charge >= 0.3 is 5.69 Å². The van der Waals surface area contributed by atoms with Gasteiger partial charge in [0.05, 0.1) is 23.3 Å². The van der Waals surface area contributed by atoms with Crippen LogP contribution in [0.5, 0.6) is 0 Å². The van der Waals surface area contributed by atoms with Crippen LogP contribution < -0.4 is 11.0 Å². The molecule has 0 aliphatic heterocycles. The van der Waals surface area contributed by atoms with Crippen molar-refractivity contribution in [1.29, 1.82) is 0 Å². The number of benzene rings is 1. The Hall–Kier alpha value is -3.09. The van der Waals surface area contributed by atoms with E-state index >= 15 is 0 Å². The van der Waals surface area contributed by atoms with E-state index in [1.165, 1.54) is 0 Å². The number of hydrogen-bond acceptors (Lipinski definition) is 4. The van der Waals surface area contributed by atoms with E-state index in [-0.39, 0.29) is 11.7 Å². The smallest absolute Gasteiger partial charge is 0.323 e. The van der Waals surface area contributed by atoms with E-state index in [2.05, 4.69) is 32.3 Å².